The van der Waals surface area contributed by atoms with Crippen molar-refractivity contribution >= 4 is 0 Å². The fourth-order valence-corrected chi connectivity index (χ4v) is 2.17. The Bertz CT molecular complexity index is 508. The van der Waals surface area contributed by atoms with Crippen molar-refractivity contribution in [3.63, 3.8) is 0 Å². The van der Waals surface area contributed by atoms with Crippen LogP contribution in [-0.2, 0) is 6.42 Å². The summed E-state index contributed by atoms with van der Waals surface area (Å²) >= 11 is 0. The molecule has 0 spiro atoms. The summed E-state index contributed by atoms with van der Waals surface area (Å²) in [5.74, 6) is 0.926. The van der Waals surface area contributed by atoms with Crippen LogP contribution < -0.4 is 5.32 Å². The van der Waals surface area contributed by atoms with Gasteiger partial charge in [-0.25, -0.2) is 0 Å². The van der Waals surface area contributed by atoms with Crippen LogP contribution in [0.4, 0.5) is 0 Å². The highest BCUT2D eigenvalue weighted by Gasteiger charge is 2.20. The quantitative estimate of drug-likeness (QED) is 0.866. The molecule has 0 bridgehead atoms. The topological polar surface area (TPSA) is 51.0 Å². The summed E-state index contributed by atoms with van der Waals surface area (Å²) in [5, 5.41) is 12.0. The van der Waals surface area contributed by atoms with E-state index in [0.29, 0.717) is 0 Å². The predicted octanol–water partition coefficient (Wildman–Crippen LogP) is 3.03. The molecule has 0 radical (unpaired) electrons. The summed E-state index contributed by atoms with van der Waals surface area (Å²) in [6.07, 6.45) is 3.66. The molecule has 4 heteroatoms. The molecule has 0 aromatic carbocycles. The number of nitrogens with one attached hydrogen (secondary N) is 1. The molecule has 4 nitrogen and oxygen atoms in total. The number of nitrogens with zero attached hydrogens (tertiary/aromatic N) is 2. The SMILES string of the molecule is CCCNC(c1ccco1)c1cc(C)nnc1CC. The van der Waals surface area contributed by atoms with Crippen LogP contribution >= 0.6 is 0 Å². The number of rotatable bonds is 6. The summed E-state index contributed by atoms with van der Waals surface area (Å²) < 4.78 is 5.58. The summed E-state index contributed by atoms with van der Waals surface area (Å²) in [7, 11) is 0. The minimum atomic E-state index is 0.0547. The van der Waals surface area contributed by atoms with Crippen molar-refractivity contribution in [2.24, 2.45) is 0 Å². The third-order valence-electron chi connectivity index (χ3n) is 3.10. The Morgan fingerprint density at radius 1 is 1.32 bits per heavy atom. The highest BCUT2D eigenvalue weighted by atomic mass is 16.3. The predicted molar refractivity (Wildman–Crippen MR) is 75.0 cm³/mol. The van der Waals surface area contributed by atoms with Crippen molar-refractivity contribution in [1.82, 2.24) is 15.5 Å². The van der Waals surface area contributed by atoms with Crippen molar-refractivity contribution < 1.29 is 4.42 Å². The lowest BCUT2D eigenvalue weighted by Gasteiger charge is -2.19. The van der Waals surface area contributed by atoms with Crippen molar-refractivity contribution in [3.8, 4) is 0 Å². The minimum Gasteiger partial charge on any atom is -0.467 e. The van der Waals surface area contributed by atoms with E-state index in [0.717, 1.165) is 36.5 Å². The maximum absolute atomic E-state index is 5.58. The van der Waals surface area contributed by atoms with Crippen LogP contribution in [0.2, 0.25) is 0 Å². The van der Waals surface area contributed by atoms with Gasteiger partial charge in [0.1, 0.15) is 5.76 Å². The Labute approximate surface area is 114 Å². The molecule has 2 aromatic rings. The van der Waals surface area contributed by atoms with E-state index in [1.54, 1.807) is 6.26 Å². The molecule has 0 aliphatic rings. The summed E-state index contributed by atoms with van der Waals surface area (Å²) in [6, 6.07) is 6.08. The van der Waals surface area contributed by atoms with Gasteiger partial charge in [0.15, 0.2) is 0 Å². The Kier molecular flexibility index (Phi) is 4.68. The monoisotopic (exact) mass is 259 g/mol. The second kappa shape index (κ2) is 6.48. The molecule has 102 valence electrons. The van der Waals surface area contributed by atoms with Gasteiger partial charge in [-0.1, -0.05) is 13.8 Å². The first-order chi connectivity index (χ1) is 9.26. The first kappa shape index (κ1) is 13.7. The smallest absolute Gasteiger partial charge is 0.125 e. The van der Waals surface area contributed by atoms with Gasteiger partial charge >= 0.3 is 0 Å². The van der Waals surface area contributed by atoms with Gasteiger partial charge in [0.05, 0.1) is 23.7 Å². The molecular weight excluding hydrogens is 238 g/mol. The molecule has 1 atom stereocenters. The molecule has 0 aliphatic heterocycles. The molecule has 0 aliphatic carbocycles. The van der Waals surface area contributed by atoms with Crippen LogP contribution in [0.3, 0.4) is 0 Å². The molecule has 2 aromatic heterocycles. The summed E-state index contributed by atoms with van der Waals surface area (Å²) in [6.45, 7) is 7.16. The van der Waals surface area contributed by atoms with E-state index >= 15 is 0 Å². The third-order valence-corrected chi connectivity index (χ3v) is 3.10. The van der Waals surface area contributed by atoms with E-state index in [1.807, 2.05) is 19.1 Å². The second-order valence-electron chi connectivity index (χ2n) is 4.64. The number of hydrogen-bond donors (Lipinski definition) is 1. The van der Waals surface area contributed by atoms with Gasteiger partial charge in [0.2, 0.25) is 0 Å². The highest BCUT2D eigenvalue weighted by molar-refractivity contribution is 5.30. The third kappa shape index (κ3) is 3.20. The Balaban J connectivity index is 2.39. The van der Waals surface area contributed by atoms with Crippen molar-refractivity contribution in [3.05, 3.63) is 47.2 Å². The number of furan rings is 1. The lowest BCUT2D eigenvalue weighted by Crippen LogP contribution is -2.24. The Hall–Kier alpha value is -1.68. The molecule has 0 saturated carbocycles. The molecule has 0 fully saturated rings. The molecular formula is C15H21N3O. The van der Waals surface area contributed by atoms with E-state index in [4.69, 9.17) is 4.42 Å². The lowest BCUT2D eigenvalue weighted by atomic mass is 10.0. The Morgan fingerprint density at radius 3 is 2.79 bits per heavy atom. The van der Waals surface area contributed by atoms with Gasteiger partial charge < -0.3 is 9.73 Å². The van der Waals surface area contributed by atoms with Crippen molar-refractivity contribution in [2.45, 2.75) is 39.7 Å². The second-order valence-corrected chi connectivity index (χ2v) is 4.64. The van der Waals surface area contributed by atoms with Crippen LogP contribution in [0.15, 0.2) is 28.9 Å². The van der Waals surface area contributed by atoms with Gasteiger partial charge in [-0.2, -0.15) is 10.2 Å². The number of hydrogen-bond acceptors (Lipinski definition) is 4. The average molecular weight is 259 g/mol. The van der Waals surface area contributed by atoms with Gasteiger partial charge in [-0.3, -0.25) is 0 Å². The van der Waals surface area contributed by atoms with Crippen LogP contribution in [0.1, 0.15) is 49.0 Å². The van der Waals surface area contributed by atoms with Gasteiger partial charge in [0.25, 0.3) is 0 Å². The zero-order valence-electron chi connectivity index (χ0n) is 11.8. The largest absolute Gasteiger partial charge is 0.467 e. The molecule has 2 heterocycles. The lowest BCUT2D eigenvalue weighted by molar-refractivity contribution is 0.443. The molecule has 1 N–H and O–H groups in total. The normalized spacial score (nSPS) is 12.6. The van der Waals surface area contributed by atoms with Crippen molar-refractivity contribution in [1.29, 1.82) is 0 Å². The molecule has 0 amide bonds. The maximum atomic E-state index is 5.58. The van der Waals surface area contributed by atoms with E-state index in [2.05, 4.69) is 35.4 Å². The molecule has 0 saturated heterocycles. The molecule has 19 heavy (non-hydrogen) atoms. The van der Waals surface area contributed by atoms with Crippen LogP contribution in [-0.4, -0.2) is 16.7 Å². The zero-order valence-corrected chi connectivity index (χ0v) is 11.8. The van der Waals surface area contributed by atoms with Gasteiger partial charge in [-0.15, -0.1) is 0 Å². The number of aryl methyl sites for hydroxylation is 2. The average Bonchev–Trinajstić information content (AvgIpc) is 2.93. The van der Waals surface area contributed by atoms with E-state index in [1.165, 1.54) is 5.56 Å². The fourth-order valence-electron chi connectivity index (χ4n) is 2.17. The van der Waals surface area contributed by atoms with Gasteiger partial charge in [0, 0.05) is 5.56 Å². The zero-order chi connectivity index (χ0) is 13.7. The van der Waals surface area contributed by atoms with Gasteiger partial charge in [-0.05, 0) is 44.5 Å². The summed E-state index contributed by atoms with van der Waals surface area (Å²) in [4.78, 5) is 0. The maximum Gasteiger partial charge on any atom is 0.125 e. The van der Waals surface area contributed by atoms with Crippen molar-refractivity contribution in [2.75, 3.05) is 6.54 Å². The van der Waals surface area contributed by atoms with Crippen LogP contribution in [0.5, 0.6) is 0 Å². The highest BCUT2D eigenvalue weighted by Crippen LogP contribution is 2.25. The standard InChI is InChI=1S/C15H21N3O/c1-4-8-16-15(14-7-6-9-19-14)12-10-11(3)17-18-13(12)5-2/h6-7,9-10,15-16H,4-5,8H2,1-3H3. The molecule has 2 rings (SSSR count). The van der Waals surface area contributed by atoms with Crippen LogP contribution in [0, 0.1) is 6.92 Å². The van der Waals surface area contributed by atoms with E-state index in [9.17, 15) is 0 Å². The number of aromatic nitrogens is 2. The molecule has 1 unspecified atom stereocenters. The summed E-state index contributed by atoms with van der Waals surface area (Å²) in [5.41, 5.74) is 3.12. The Morgan fingerprint density at radius 2 is 2.16 bits per heavy atom. The first-order valence-electron chi connectivity index (χ1n) is 6.86. The van der Waals surface area contributed by atoms with E-state index in [-0.39, 0.29) is 6.04 Å². The van der Waals surface area contributed by atoms with E-state index < -0.39 is 0 Å². The minimum absolute atomic E-state index is 0.0547. The first-order valence-corrected chi connectivity index (χ1v) is 6.86. The van der Waals surface area contributed by atoms with Crippen LogP contribution in [0.25, 0.3) is 0 Å². The fraction of sp³-hybridized carbons (Fsp3) is 0.467.